The largest absolute Gasteiger partial charge is 0.293 e. The van der Waals surface area contributed by atoms with Crippen molar-refractivity contribution in [3.8, 4) is 0 Å². The monoisotopic (exact) mass is 137 g/mol. The van der Waals surface area contributed by atoms with Crippen LogP contribution < -0.4 is 0 Å². The molecule has 6 heavy (non-hydrogen) atoms. The molecule has 0 saturated heterocycles. The Morgan fingerprint density at radius 1 is 1.83 bits per heavy atom. The SMILES string of the molecule is Clc1cc[s+]s1. The Bertz CT molecular complexity index is 112. The molecular formula is C3H2ClS2+. The molecule has 32 valence electrons. The van der Waals surface area contributed by atoms with E-state index in [9.17, 15) is 0 Å². The van der Waals surface area contributed by atoms with Crippen LogP contribution in [0.1, 0.15) is 0 Å². The van der Waals surface area contributed by atoms with Gasteiger partial charge >= 0.3 is 0 Å². The van der Waals surface area contributed by atoms with Gasteiger partial charge < -0.3 is 0 Å². The van der Waals surface area contributed by atoms with Gasteiger partial charge in [0.2, 0.25) is 5.38 Å². The van der Waals surface area contributed by atoms with E-state index in [1.807, 2.05) is 11.4 Å². The topological polar surface area (TPSA) is 0 Å². The first-order valence-corrected chi connectivity index (χ1v) is 4.01. The van der Waals surface area contributed by atoms with Crippen LogP contribution in [-0.2, 0) is 0 Å². The lowest BCUT2D eigenvalue weighted by Crippen LogP contribution is -1.29. The van der Waals surface area contributed by atoms with E-state index in [-0.39, 0.29) is 0 Å². The fourth-order valence-corrected chi connectivity index (χ4v) is 1.97. The summed E-state index contributed by atoms with van der Waals surface area (Å²) < 4.78 is 0.875. The van der Waals surface area contributed by atoms with E-state index >= 15 is 0 Å². The molecular weight excluding hydrogens is 136 g/mol. The van der Waals surface area contributed by atoms with Crippen molar-refractivity contribution in [1.82, 2.24) is 0 Å². The standard InChI is InChI=1S/C3H2ClS2/c4-3-1-2-5-6-3/h1-2H/q+1. The van der Waals surface area contributed by atoms with E-state index in [0.29, 0.717) is 0 Å². The molecule has 1 rings (SSSR count). The summed E-state index contributed by atoms with van der Waals surface area (Å²) >= 11 is 5.48. The van der Waals surface area contributed by atoms with Crippen molar-refractivity contribution >= 4 is 32.3 Å². The summed E-state index contributed by atoms with van der Waals surface area (Å²) in [5.41, 5.74) is 0. The molecule has 0 bridgehead atoms. The zero-order chi connectivity index (χ0) is 4.41. The van der Waals surface area contributed by atoms with Gasteiger partial charge in [0.05, 0.1) is 0 Å². The smallest absolute Gasteiger partial charge is 0.0670 e. The van der Waals surface area contributed by atoms with Crippen molar-refractivity contribution in [2.24, 2.45) is 0 Å². The Labute approximate surface area is 48.4 Å². The highest BCUT2D eigenvalue weighted by Crippen LogP contribution is 2.19. The van der Waals surface area contributed by atoms with Crippen LogP contribution in [0.5, 0.6) is 0 Å². The molecule has 1 aromatic rings. The summed E-state index contributed by atoms with van der Waals surface area (Å²) in [6, 6.07) is 1.89. The maximum Gasteiger partial charge on any atom is 0.293 e. The quantitative estimate of drug-likeness (QED) is 0.381. The lowest BCUT2D eigenvalue weighted by molar-refractivity contribution is 2.12. The fraction of sp³-hybridized carbons (Fsp3) is 0. The number of halogens is 1. The van der Waals surface area contributed by atoms with E-state index in [1.165, 1.54) is 0 Å². The Balaban J connectivity index is 3.05. The van der Waals surface area contributed by atoms with Crippen LogP contribution in [0.4, 0.5) is 0 Å². The summed E-state index contributed by atoms with van der Waals surface area (Å²) in [5, 5.41) is 1.97. The van der Waals surface area contributed by atoms with Gasteiger partial charge in [-0.15, -0.1) is 0 Å². The van der Waals surface area contributed by atoms with Crippen LogP contribution in [0.2, 0.25) is 4.34 Å². The molecule has 0 saturated carbocycles. The first-order chi connectivity index (χ1) is 2.89. The molecule has 0 atom stereocenters. The molecule has 0 unspecified atom stereocenters. The molecule has 3 heteroatoms. The number of hydrogen-bond donors (Lipinski definition) is 0. The van der Waals surface area contributed by atoms with Crippen LogP contribution in [0, 0.1) is 0 Å². The normalized spacial score (nSPS) is 8.83. The first-order valence-electron chi connectivity index (χ1n) is 1.42. The molecule has 0 aliphatic rings. The average Bonchev–Trinajstić information content (AvgIpc) is 1.86. The van der Waals surface area contributed by atoms with E-state index in [1.54, 1.807) is 20.7 Å². The summed E-state index contributed by atoms with van der Waals surface area (Å²) in [7, 11) is 3.23. The summed E-state index contributed by atoms with van der Waals surface area (Å²) in [5.74, 6) is 0. The molecule has 0 fully saturated rings. The van der Waals surface area contributed by atoms with Gasteiger partial charge in [0.1, 0.15) is 0 Å². The minimum atomic E-state index is 0.875. The third-order valence-corrected chi connectivity index (χ3v) is 2.81. The van der Waals surface area contributed by atoms with Gasteiger partial charge in [-0.25, -0.2) is 0 Å². The second-order valence-electron chi connectivity index (χ2n) is 0.786. The van der Waals surface area contributed by atoms with Crippen molar-refractivity contribution in [2.45, 2.75) is 0 Å². The second-order valence-corrected chi connectivity index (χ2v) is 3.57. The Morgan fingerprint density at radius 2 is 2.67 bits per heavy atom. The van der Waals surface area contributed by atoms with Gasteiger partial charge in [0.15, 0.2) is 14.7 Å². The lowest BCUT2D eigenvalue weighted by Gasteiger charge is -1.52. The Kier molecular flexibility index (Phi) is 1.40. The van der Waals surface area contributed by atoms with E-state index in [2.05, 4.69) is 0 Å². The molecule has 0 aliphatic carbocycles. The third kappa shape index (κ3) is 0.899. The maximum atomic E-state index is 5.48. The molecule has 1 heterocycles. The molecule has 0 nitrogen and oxygen atoms in total. The van der Waals surface area contributed by atoms with Gasteiger partial charge in [-0.1, -0.05) is 11.6 Å². The highest BCUT2D eigenvalue weighted by molar-refractivity contribution is 7.69. The summed E-state index contributed by atoms with van der Waals surface area (Å²) in [4.78, 5) is 0. The molecule has 0 N–H and O–H groups in total. The molecule has 0 spiro atoms. The van der Waals surface area contributed by atoms with Crippen LogP contribution in [0.15, 0.2) is 11.4 Å². The van der Waals surface area contributed by atoms with Gasteiger partial charge in [0.25, 0.3) is 10.3 Å². The minimum absolute atomic E-state index is 0.875. The van der Waals surface area contributed by atoms with Crippen molar-refractivity contribution in [2.75, 3.05) is 0 Å². The maximum absolute atomic E-state index is 5.48. The van der Waals surface area contributed by atoms with Crippen molar-refractivity contribution in [3.63, 3.8) is 0 Å². The van der Waals surface area contributed by atoms with E-state index in [0.717, 1.165) is 4.34 Å². The third-order valence-electron chi connectivity index (χ3n) is 0.382. The van der Waals surface area contributed by atoms with Crippen molar-refractivity contribution in [3.05, 3.63) is 15.8 Å². The zero-order valence-electron chi connectivity index (χ0n) is 2.85. The number of hydrogen-bond acceptors (Lipinski definition) is 1. The van der Waals surface area contributed by atoms with Gasteiger partial charge in [-0.05, 0) is 0 Å². The fourth-order valence-electron chi connectivity index (χ4n) is 0.183. The van der Waals surface area contributed by atoms with Crippen LogP contribution in [-0.4, -0.2) is 0 Å². The average molecular weight is 138 g/mol. The van der Waals surface area contributed by atoms with Gasteiger partial charge in [-0.2, -0.15) is 0 Å². The van der Waals surface area contributed by atoms with Gasteiger partial charge in [0, 0.05) is 6.07 Å². The highest BCUT2D eigenvalue weighted by Gasteiger charge is 1.93. The molecule has 0 radical (unpaired) electrons. The van der Waals surface area contributed by atoms with Gasteiger partial charge in [-0.3, -0.25) is 0 Å². The first kappa shape index (κ1) is 4.50. The zero-order valence-corrected chi connectivity index (χ0v) is 5.24. The van der Waals surface area contributed by atoms with Crippen molar-refractivity contribution in [1.29, 1.82) is 0 Å². The molecule has 0 aliphatic heterocycles. The van der Waals surface area contributed by atoms with Crippen LogP contribution >= 0.6 is 32.3 Å². The number of rotatable bonds is 0. The lowest BCUT2D eigenvalue weighted by atomic mass is 10.8. The summed E-state index contributed by atoms with van der Waals surface area (Å²) in [6.07, 6.45) is 0. The Morgan fingerprint density at radius 3 is 2.83 bits per heavy atom. The highest BCUT2D eigenvalue weighted by atomic mass is 35.5. The second kappa shape index (κ2) is 1.87. The van der Waals surface area contributed by atoms with E-state index in [4.69, 9.17) is 11.6 Å². The van der Waals surface area contributed by atoms with Crippen LogP contribution in [0.25, 0.3) is 0 Å². The molecule has 1 aromatic heterocycles. The predicted molar refractivity (Wildman–Crippen MR) is 31.6 cm³/mol. The minimum Gasteiger partial charge on any atom is -0.0670 e. The van der Waals surface area contributed by atoms with Crippen LogP contribution in [0.3, 0.4) is 0 Å². The van der Waals surface area contributed by atoms with Crippen molar-refractivity contribution < 1.29 is 0 Å². The predicted octanol–water partition coefficient (Wildman–Crippen LogP) is 2.74. The Hall–Kier alpha value is 0.340. The molecule has 0 amide bonds. The summed E-state index contributed by atoms with van der Waals surface area (Å²) in [6.45, 7) is 0. The molecule has 0 aromatic carbocycles. The van der Waals surface area contributed by atoms with E-state index < -0.39 is 0 Å².